The van der Waals surface area contributed by atoms with Gasteiger partial charge in [0.05, 0.1) is 24.3 Å². The molecule has 2 heterocycles. The molecule has 1 aliphatic heterocycles. The van der Waals surface area contributed by atoms with Gasteiger partial charge in [-0.05, 0) is 108 Å². The number of nitrogens with zero attached hydrogens (tertiary/aromatic N) is 3. The van der Waals surface area contributed by atoms with Gasteiger partial charge in [0, 0.05) is 27.7 Å². The molecule has 10 heteroatoms. The first-order valence-electron chi connectivity index (χ1n) is 14.2. The fourth-order valence-electron chi connectivity index (χ4n) is 4.82. The molecule has 2 N–H and O–H groups in total. The minimum absolute atomic E-state index is 0.307. The largest absolute Gasteiger partial charge is 0.406 e. The number of benzene rings is 2. The van der Waals surface area contributed by atoms with Crippen LogP contribution in [0.3, 0.4) is 0 Å². The summed E-state index contributed by atoms with van der Waals surface area (Å²) in [6, 6.07) is 13.8. The van der Waals surface area contributed by atoms with Crippen LogP contribution in [-0.2, 0) is 17.8 Å². The fraction of sp³-hybridized carbons (Fsp3) is 0.469. The molecule has 1 saturated heterocycles. The van der Waals surface area contributed by atoms with Crippen molar-refractivity contribution in [2.75, 3.05) is 64.2 Å². The number of hydrogen-bond donors (Lipinski definition) is 2. The third-order valence-corrected chi connectivity index (χ3v) is 7.80. The maximum Gasteiger partial charge on any atom is 0.406 e. The number of aryl methyl sites for hydroxylation is 1. The number of carbonyl (C=O) groups excluding carboxylic acids is 1. The molecular weight excluding hydrogens is 559 g/mol. The van der Waals surface area contributed by atoms with E-state index in [9.17, 15) is 18.0 Å². The van der Waals surface area contributed by atoms with Crippen LogP contribution in [0.5, 0.6) is 0 Å². The molecular formula is C32H42F3N5OS. The van der Waals surface area contributed by atoms with E-state index in [2.05, 4.69) is 53.5 Å². The summed E-state index contributed by atoms with van der Waals surface area (Å²) in [5, 5.41) is 7.68. The molecule has 4 rings (SSSR count). The lowest BCUT2D eigenvalue weighted by molar-refractivity contribution is -0.140. The molecule has 0 atom stereocenters. The van der Waals surface area contributed by atoms with Crippen molar-refractivity contribution < 1.29 is 18.0 Å². The zero-order chi connectivity index (χ0) is 30.7. The molecule has 1 fully saturated rings. The van der Waals surface area contributed by atoms with Gasteiger partial charge in [0.15, 0.2) is 0 Å². The van der Waals surface area contributed by atoms with E-state index in [1.165, 1.54) is 15.0 Å². The van der Waals surface area contributed by atoms with Gasteiger partial charge in [-0.1, -0.05) is 18.9 Å². The van der Waals surface area contributed by atoms with Crippen molar-refractivity contribution >= 4 is 40.3 Å². The molecule has 6 nitrogen and oxygen atoms in total. The predicted octanol–water partition coefficient (Wildman–Crippen LogP) is 6.20. The Morgan fingerprint density at radius 2 is 1.86 bits per heavy atom. The molecule has 0 amide bonds. The number of likely N-dealkylation sites (tertiary alicyclic amines) is 1. The lowest BCUT2D eigenvalue weighted by Gasteiger charge is -2.30. The molecule has 1 aromatic heterocycles. The van der Waals surface area contributed by atoms with Crippen molar-refractivity contribution in [1.29, 1.82) is 0 Å². The number of rotatable bonds is 9. The Morgan fingerprint density at radius 1 is 1.12 bits per heavy atom. The van der Waals surface area contributed by atoms with Crippen molar-refractivity contribution in [3.05, 3.63) is 53.7 Å². The van der Waals surface area contributed by atoms with Crippen LogP contribution in [0.4, 0.5) is 24.5 Å². The first kappa shape index (κ1) is 33.4. The smallest absolute Gasteiger partial charge is 0.382 e. The van der Waals surface area contributed by atoms with Crippen molar-refractivity contribution in [3.63, 3.8) is 0 Å². The second-order valence-electron chi connectivity index (χ2n) is 10.7. The van der Waals surface area contributed by atoms with E-state index >= 15 is 0 Å². The van der Waals surface area contributed by atoms with E-state index < -0.39 is 12.7 Å². The zero-order valence-electron chi connectivity index (χ0n) is 25.1. The molecule has 3 aromatic rings. The van der Waals surface area contributed by atoms with Crippen LogP contribution in [0.2, 0.25) is 0 Å². The summed E-state index contributed by atoms with van der Waals surface area (Å²) in [4.78, 5) is 14.9. The summed E-state index contributed by atoms with van der Waals surface area (Å²) in [7, 11) is 5.82. The van der Waals surface area contributed by atoms with Crippen molar-refractivity contribution in [1.82, 2.24) is 14.4 Å². The topological polar surface area (TPSA) is 52.5 Å². The number of aldehydes is 1. The monoisotopic (exact) mass is 601 g/mol. The maximum absolute atomic E-state index is 13.5. The van der Waals surface area contributed by atoms with Crippen LogP contribution < -0.4 is 10.6 Å². The normalized spacial score (nSPS) is 14.2. The van der Waals surface area contributed by atoms with Crippen LogP contribution >= 0.6 is 11.8 Å². The Balaban J connectivity index is 0.000000730. The summed E-state index contributed by atoms with van der Waals surface area (Å²) in [6.07, 6.45) is 1.48. The number of nitrogens with one attached hydrogen (secondary N) is 2. The lowest BCUT2D eigenvalue weighted by Crippen LogP contribution is -2.36. The van der Waals surface area contributed by atoms with Crippen LogP contribution in [0.25, 0.3) is 10.9 Å². The number of hydrogen-bond acceptors (Lipinski definition) is 6. The molecule has 0 radical (unpaired) electrons. The van der Waals surface area contributed by atoms with E-state index in [-0.39, 0.29) is 0 Å². The highest BCUT2D eigenvalue weighted by molar-refractivity contribution is 7.98. The Morgan fingerprint density at radius 3 is 2.45 bits per heavy atom. The third kappa shape index (κ3) is 10.0. The van der Waals surface area contributed by atoms with Crippen molar-refractivity contribution in [2.45, 2.75) is 49.8 Å². The molecule has 0 saturated carbocycles. The summed E-state index contributed by atoms with van der Waals surface area (Å²) in [5.41, 5.74) is 3.98. The second kappa shape index (κ2) is 15.9. The highest BCUT2D eigenvalue weighted by Crippen LogP contribution is 2.31. The van der Waals surface area contributed by atoms with Gasteiger partial charge >= 0.3 is 6.18 Å². The maximum atomic E-state index is 13.5. The van der Waals surface area contributed by atoms with Gasteiger partial charge in [0.25, 0.3) is 0 Å². The van der Waals surface area contributed by atoms with E-state index in [1.54, 1.807) is 23.9 Å². The van der Waals surface area contributed by atoms with Crippen molar-refractivity contribution in [3.8, 4) is 11.8 Å². The first-order valence-corrected chi connectivity index (χ1v) is 15.4. The number of likely N-dealkylation sites (N-methyl/N-ethyl adjacent to an activating group) is 1. The summed E-state index contributed by atoms with van der Waals surface area (Å²) in [6.45, 7) is 3.92. The van der Waals surface area contributed by atoms with Gasteiger partial charge in [0.2, 0.25) is 0 Å². The van der Waals surface area contributed by atoms with E-state index in [1.807, 2.05) is 43.5 Å². The SMILES string of the molecule is CCc1cc(SC)ccc1NCC#Cc1cc2c(NC3CCN(C)CC3)cccc2n1CC(F)(F)F.CN(C)CC=O. The molecule has 0 bridgehead atoms. The Bertz CT molecular complexity index is 1370. The first-order chi connectivity index (χ1) is 20.0. The number of thioether (sulfide) groups is 1. The summed E-state index contributed by atoms with van der Waals surface area (Å²) < 4.78 is 41.7. The van der Waals surface area contributed by atoms with E-state index in [0.29, 0.717) is 30.3 Å². The van der Waals surface area contributed by atoms with Crippen LogP contribution in [0, 0.1) is 11.8 Å². The second-order valence-corrected chi connectivity index (χ2v) is 11.5. The molecule has 0 unspecified atom stereocenters. The standard InChI is InChI=1S/C28H33F3N4S.C4H9NO/c1-4-20-17-23(36-3)10-11-25(20)32-14-6-7-22-18-24-26(33-21-12-15-34(2)16-13-21)8-5-9-27(24)35(22)19-28(29,30)31;1-5(2)3-4-6/h5,8-11,17-18,21,32-33H,4,12-16,19H2,1-3H3;4H,3H2,1-2H3. The zero-order valence-corrected chi connectivity index (χ0v) is 26.0. The number of fused-ring (bicyclic) bond motifs is 1. The number of aromatic nitrogens is 1. The number of alkyl halides is 3. The number of piperidine rings is 1. The highest BCUT2D eigenvalue weighted by atomic mass is 32.2. The van der Waals surface area contributed by atoms with Gasteiger partial charge in [-0.15, -0.1) is 11.8 Å². The van der Waals surface area contributed by atoms with Gasteiger partial charge in [-0.3, -0.25) is 0 Å². The summed E-state index contributed by atoms with van der Waals surface area (Å²) in [5.74, 6) is 6.05. The highest BCUT2D eigenvalue weighted by Gasteiger charge is 2.30. The van der Waals surface area contributed by atoms with Gasteiger partial charge in [-0.2, -0.15) is 13.2 Å². The Labute approximate surface area is 252 Å². The predicted molar refractivity (Wildman–Crippen MR) is 170 cm³/mol. The molecule has 0 spiro atoms. The van der Waals surface area contributed by atoms with Gasteiger partial charge in [0.1, 0.15) is 12.8 Å². The molecule has 0 aliphatic carbocycles. The number of halogens is 3. The average molecular weight is 602 g/mol. The number of carbonyl (C=O) groups is 1. The minimum Gasteiger partial charge on any atom is -0.382 e. The van der Waals surface area contributed by atoms with Crippen molar-refractivity contribution in [2.24, 2.45) is 0 Å². The third-order valence-electron chi connectivity index (χ3n) is 7.08. The molecule has 1 aliphatic rings. The number of anilines is 2. The minimum atomic E-state index is -4.34. The van der Waals surface area contributed by atoms with Gasteiger partial charge < -0.3 is 29.8 Å². The van der Waals surface area contributed by atoms with Crippen LogP contribution in [0.15, 0.2) is 47.4 Å². The lowest BCUT2D eigenvalue weighted by atomic mass is 10.0. The molecule has 228 valence electrons. The van der Waals surface area contributed by atoms with E-state index in [0.717, 1.165) is 55.4 Å². The average Bonchev–Trinajstić information content (AvgIpc) is 3.29. The van der Waals surface area contributed by atoms with Crippen LogP contribution in [0.1, 0.15) is 31.0 Å². The summed E-state index contributed by atoms with van der Waals surface area (Å²) >= 11 is 1.69. The molecule has 2 aromatic carbocycles. The Hall–Kier alpha value is -3.13. The Kier molecular flexibility index (Phi) is 12.6. The van der Waals surface area contributed by atoms with Crippen LogP contribution in [-0.4, -0.2) is 86.4 Å². The van der Waals surface area contributed by atoms with Gasteiger partial charge in [-0.25, -0.2) is 0 Å². The van der Waals surface area contributed by atoms with E-state index in [4.69, 9.17) is 0 Å². The molecule has 42 heavy (non-hydrogen) atoms. The fourth-order valence-corrected chi connectivity index (χ4v) is 5.29. The quantitative estimate of drug-likeness (QED) is 0.173.